The number of hydrogen-bond acceptors (Lipinski definition) is 10. The van der Waals surface area contributed by atoms with Crippen molar-refractivity contribution in [3.63, 3.8) is 0 Å². The number of rotatable bonds is 6. The van der Waals surface area contributed by atoms with Gasteiger partial charge in [-0.05, 0) is 44.4 Å². The number of amides is 1. The molecule has 10 nitrogen and oxygen atoms in total. The van der Waals surface area contributed by atoms with Crippen LogP contribution in [0, 0.1) is 19.7 Å². The van der Waals surface area contributed by atoms with Gasteiger partial charge in [-0.25, -0.2) is 34.1 Å². The molecule has 39 heavy (non-hydrogen) atoms. The fraction of sp³-hybridized carbons (Fsp3) is 0.259. The Morgan fingerprint density at radius 2 is 1.79 bits per heavy atom. The van der Waals surface area contributed by atoms with E-state index in [1.165, 1.54) is 29.8 Å². The van der Waals surface area contributed by atoms with E-state index in [2.05, 4.69) is 30.2 Å². The number of hydrogen-bond donors (Lipinski definition) is 1. The fourth-order valence-electron chi connectivity index (χ4n) is 4.26. The molecule has 6 rings (SSSR count). The van der Waals surface area contributed by atoms with Crippen molar-refractivity contribution in [2.45, 2.75) is 38.9 Å². The van der Waals surface area contributed by atoms with Crippen LogP contribution in [0.3, 0.4) is 0 Å². The van der Waals surface area contributed by atoms with E-state index in [0.717, 1.165) is 15.8 Å². The number of thiazole rings is 1. The Labute approximate surface area is 226 Å². The summed E-state index contributed by atoms with van der Waals surface area (Å²) in [5, 5.41) is 3.28. The van der Waals surface area contributed by atoms with Gasteiger partial charge in [0.25, 0.3) is 0 Å². The summed E-state index contributed by atoms with van der Waals surface area (Å²) in [7, 11) is 1.54. The molecule has 5 aromatic rings. The number of halogens is 1. The highest BCUT2D eigenvalue weighted by Gasteiger charge is 2.37. The summed E-state index contributed by atoms with van der Waals surface area (Å²) in [6, 6.07) is 6.91. The number of carbonyl (C=O) groups is 1. The maximum absolute atomic E-state index is 15.0. The van der Waals surface area contributed by atoms with Crippen molar-refractivity contribution in [2.75, 3.05) is 12.4 Å². The van der Waals surface area contributed by atoms with E-state index in [-0.39, 0.29) is 5.75 Å². The van der Waals surface area contributed by atoms with Gasteiger partial charge in [-0.1, -0.05) is 0 Å². The molecule has 1 aliphatic carbocycles. The summed E-state index contributed by atoms with van der Waals surface area (Å²) in [6.07, 6.45) is 4.19. The summed E-state index contributed by atoms with van der Waals surface area (Å²) >= 11 is 1.41. The minimum absolute atomic E-state index is 0.0852. The van der Waals surface area contributed by atoms with Crippen molar-refractivity contribution in [1.82, 2.24) is 24.9 Å². The molecule has 3 aromatic heterocycles. The number of methoxy groups -OCH3 is 1. The average molecular weight is 547 g/mol. The number of aryl methyl sites for hydroxylation is 2. The molecule has 2 unspecified atom stereocenters. The van der Waals surface area contributed by atoms with Gasteiger partial charge in [0, 0.05) is 17.7 Å². The topological polar surface area (TPSA) is 121 Å². The van der Waals surface area contributed by atoms with E-state index in [0.29, 0.717) is 51.8 Å². The number of ether oxygens (including phenoxy) is 3. The third-order valence-corrected chi connectivity index (χ3v) is 7.42. The minimum Gasteiger partial charge on any atom is -0.483 e. The molecule has 1 fully saturated rings. The zero-order valence-corrected chi connectivity index (χ0v) is 22.1. The molecule has 1 saturated carbocycles. The van der Waals surface area contributed by atoms with Crippen molar-refractivity contribution in [1.29, 1.82) is 0 Å². The van der Waals surface area contributed by atoms with Gasteiger partial charge in [0.05, 0.1) is 52.6 Å². The molecule has 0 aliphatic heterocycles. The van der Waals surface area contributed by atoms with Gasteiger partial charge >= 0.3 is 6.09 Å². The average Bonchev–Trinajstić information content (AvgIpc) is 3.32. The van der Waals surface area contributed by atoms with Crippen molar-refractivity contribution >= 4 is 44.4 Å². The van der Waals surface area contributed by atoms with Crippen LogP contribution >= 0.6 is 11.3 Å². The Bertz CT molecular complexity index is 1710. The van der Waals surface area contributed by atoms with Crippen LogP contribution in [0.25, 0.3) is 31.8 Å². The van der Waals surface area contributed by atoms with Crippen LogP contribution < -0.4 is 14.8 Å². The third-order valence-electron chi connectivity index (χ3n) is 6.36. The van der Waals surface area contributed by atoms with Gasteiger partial charge in [0.2, 0.25) is 5.88 Å². The van der Waals surface area contributed by atoms with Gasteiger partial charge in [-0.15, -0.1) is 11.3 Å². The maximum Gasteiger partial charge on any atom is 0.412 e. The highest BCUT2D eigenvalue weighted by Crippen LogP contribution is 2.38. The first-order valence-corrected chi connectivity index (χ1v) is 13.0. The predicted octanol–water partition coefficient (Wildman–Crippen LogP) is 5.62. The van der Waals surface area contributed by atoms with E-state index >= 15 is 4.39 Å². The molecule has 0 saturated heterocycles. The van der Waals surface area contributed by atoms with Crippen LogP contribution in [0.1, 0.15) is 24.2 Å². The van der Waals surface area contributed by atoms with Crippen LogP contribution in [0.5, 0.6) is 11.6 Å². The molecule has 0 spiro atoms. The van der Waals surface area contributed by atoms with Gasteiger partial charge in [0.15, 0.2) is 11.6 Å². The summed E-state index contributed by atoms with van der Waals surface area (Å²) < 4.78 is 32.4. The van der Waals surface area contributed by atoms with Crippen molar-refractivity contribution < 1.29 is 23.4 Å². The first kappa shape index (κ1) is 24.9. The molecule has 1 N–H and O–H groups in total. The molecular weight excluding hydrogens is 523 g/mol. The SMILES string of the molecule is COc1cnc2c(-c3nc4cc(F)c(OC5CCC5OC(=O)Nc5cnc(C)nc5)cc4s3)cc(C)cc2n1. The molecular formula is C27H23FN6O4S. The second-order valence-electron chi connectivity index (χ2n) is 9.18. The Morgan fingerprint density at radius 1 is 1.00 bits per heavy atom. The van der Waals surface area contributed by atoms with Crippen LogP contribution in [0.4, 0.5) is 14.9 Å². The Balaban J connectivity index is 1.21. The standard InChI is InChI=1S/C27H23FN6O4S/c1-13-6-16(25-19(7-13)33-24(36-3)12-31-25)26-34-18-8-17(28)22(9-23(18)39-26)37-20-4-5-21(20)38-27(35)32-15-10-29-14(2)30-11-15/h6-12,20-21H,4-5H2,1-3H3,(H,32,35). The number of nitrogens with zero attached hydrogens (tertiary/aromatic N) is 5. The quantitative estimate of drug-likeness (QED) is 0.289. The molecule has 1 aliphatic rings. The first-order chi connectivity index (χ1) is 18.9. The zero-order chi connectivity index (χ0) is 27.1. The highest BCUT2D eigenvalue weighted by atomic mass is 32.1. The predicted molar refractivity (Wildman–Crippen MR) is 144 cm³/mol. The molecule has 1 amide bonds. The van der Waals surface area contributed by atoms with Gasteiger partial charge < -0.3 is 14.2 Å². The molecule has 0 radical (unpaired) electrons. The number of aromatic nitrogens is 5. The number of carbonyl (C=O) groups excluding carboxylic acids is 1. The number of anilines is 1. The van der Waals surface area contributed by atoms with Gasteiger partial charge in [-0.2, -0.15) is 0 Å². The molecule has 2 aromatic carbocycles. The Hall–Kier alpha value is -4.45. The Morgan fingerprint density at radius 3 is 2.54 bits per heavy atom. The maximum atomic E-state index is 15.0. The van der Waals surface area contributed by atoms with E-state index in [1.807, 2.05) is 19.1 Å². The summed E-state index contributed by atoms with van der Waals surface area (Å²) in [4.78, 5) is 34.0. The lowest BCUT2D eigenvalue weighted by atomic mass is 9.92. The van der Waals surface area contributed by atoms with Crippen molar-refractivity contribution in [2.24, 2.45) is 0 Å². The lowest BCUT2D eigenvalue weighted by molar-refractivity contribution is -0.0431. The lowest BCUT2D eigenvalue weighted by Crippen LogP contribution is -2.45. The number of benzene rings is 2. The van der Waals surface area contributed by atoms with E-state index in [4.69, 9.17) is 14.2 Å². The zero-order valence-electron chi connectivity index (χ0n) is 21.3. The summed E-state index contributed by atoms with van der Waals surface area (Å²) in [6.45, 7) is 3.72. The van der Waals surface area contributed by atoms with Crippen molar-refractivity contribution in [3.05, 3.63) is 60.1 Å². The van der Waals surface area contributed by atoms with Crippen LogP contribution in [0.15, 0.2) is 42.9 Å². The van der Waals surface area contributed by atoms with E-state index in [9.17, 15) is 4.79 Å². The molecule has 2 atom stereocenters. The normalized spacial score (nSPS) is 16.6. The van der Waals surface area contributed by atoms with Gasteiger partial charge in [-0.3, -0.25) is 5.32 Å². The highest BCUT2D eigenvalue weighted by molar-refractivity contribution is 7.21. The second kappa shape index (κ2) is 10.0. The molecule has 0 bridgehead atoms. The number of fused-ring (bicyclic) bond motifs is 2. The number of nitrogens with one attached hydrogen (secondary N) is 1. The summed E-state index contributed by atoms with van der Waals surface area (Å²) in [5.74, 6) is 0.564. The smallest absolute Gasteiger partial charge is 0.412 e. The third kappa shape index (κ3) is 5.02. The van der Waals surface area contributed by atoms with E-state index in [1.54, 1.807) is 26.3 Å². The second-order valence-corrected chi connectivity index (χ2v) is 10.2. The van der Waals surface area contributed by atoms with Crippen LogP contribution in [0.2, 0.25) is 0 Å². The van der Waals surface area contributed by atoms with Crippen molar-refractivity contribution in [3.8, 4) is 22.2 Å². The minimum atomic E-state index is -0.644. The largest absolute Gasteiger partial charge is 0.483 e. The fourth-order valence-corrected chi connectivity index (χ4v) is 5.25. The molecule has 3 heterocycles. The molecule has 198 valence electrons. The van der Waals surface area contributed by atoms with E-state index < -0.39 is 24.1 Å². The Kier molecular flexibility index (Phi) is 6.39. The molecule has 12 heteroatoms. The lowest BCUT2D eigenvalue weighted by Gasteiger charge is -2.35. The van der Waals surface area contributed by atoms with Crippen LogP contribution in [-0.2, 0) is 4.74 Å². The monoisotopic (exact) mass is 546 g/mol. The van der Waals surface area contributed by atoms with Gasteiger partial charge in [0.1, 0.15) is 23.0 Å². The van der Waals surface area contributed by atoms with Crippen LogP contribution in [-0.4, -0.2) is 50.3 Å². The first-order valence-electron chi connectivity index (χ1n) is 12.2. The summed E-state index contributed by atoms with van der Waals surface area (Å²) in [5.41, 5.74) is 4.10.